The first kappa shape index (κ1) is 92.3. The van der Waals surface area contributed by atoms with Crippen molar-refractivity contribution in [2.24, 2.45) is 53.0 Å². The van der Waals surface area contributed by atoms with Gasteiger partial charge < -0.3 is 0 Å². The molecule has 10 nitrogen and oxygen atoms in total. The minimum absolute atomic E-state index is 0.109. The second kappa shape index (κ2) is 38.1. The molecule has 123 heavy (non-hydrogen) atoms. The fourth-order valence-electron chi connectivity index (χ4n) is 17.1. The lowest BCUT2D eigenvalue weighted by atomic mass is 9.93. The Morgan fingerprint density at radius 3 is 0.911 bits per heavy atom. The van der Waals surface area contributed by atoms with Gasteiger partial charge >= 0.3 is 0 Å². The van der Waals surface area contributed by atoms with Crippen molar-refractivity contribution in [1.82, 2.24) is 24.9 Å². The minimum Gasteiger partial charge on any atom is -0.232 e. The third kappa shape index (κ3) is 19.3. The van der Waals surface area contributed by atoms with E-state index in [4.69, 9.17) is 4.98 Å². The van der Waals surface area contributed by atoms with Gasteiger partial charge in [-0.25, -0.2) is 44.8 Å². The summed E-state index contributed by atoms with van der Waals surface area (Å²) in [5.74, 6) is 2.15. The molecule has 5 heterocycles. The van der Waals surface area contributed by atoms with Crippen LogP contribution in [0.25, 0.3) is 111 Å². The largest absolute Gasteiger partial charge is 0.287 e. The second-order valence-electron chi connectivity index (χ2n) is 36.2. The lowest BCUT2D eigenvalue weighted by Gasteiger charge is -2.14. The number of benzene rings is 10. The van der Waals surface area contributed by atoms with E-state index in [-0.39, 0.29) is 29.1 Å². The SMILES string of the molecule is Cc1cc(-c2c3cc(C(C)C)ccc3nc[n+]2C)c(C)c(C)c1F.Cc1cc(-c2c3cc(CC(C)C)ccc3nc[n+]2C)c(C)c(C)c1F.Cc1cc(-c2c3ccc(C(C)C)cc3nc[n+]2C)c(C)c(C)c1F.Cc1cc(-c2c3ccc(CC(C)C)cc3nc[n+]2C)c(C)c(C)c1F.Cc1cc(-c2c3cccc(CC(C)C)c3nc[n+]2C)c(C)c(C)c1F. The van der Waals surface area contributed by atoms with E-state index in [1.165, 1.54) is 27.8 Å². The molecule has 0 spiro atoms. The van der Waals surface area contributed by atoms with Crippen LogP contribution < -0.4 is 22.8 Å². The monoisotopic (exact) mass is 1660 g/mol. The Hall–Kier alpha value is -11.5. The summed E-state index contributed by atoms with van der Waals surface area (Å²) < 4.78 is 81.5. The molecule has 638 valence electrons. The molecule has 15 heteroatoms. The van der Waals surface area contributed by atoms with Crippen LogP contribution in [-0.2, 0) is 54.5 Å². The summed E-state index contributed by atoms with van der Waals surface area (Å²) in [6, 6.07) is 42.1. The Labute approximate surface area is 726 Å². The van der Waals surface area contributed by atoms with E-state index in [1.54, 1.807) is 0 Å². The number of hydrogen-bond donors (Lipinski definition) is 0. The maximum absolute atomic E-state index is 14.3. The van der Waals surface area contributed by atoms with Crippen molar-refractivity contribution < 1.29 is 44.8 Å². The fraction of sp³-hybridized carbons (Fsp3) is 0.352. The van der Waals surface area contributed by atoms with Gasteiger partial charge in [-0.05, 0) is 368 Å². The van der Waals surface area contributed by atoms with Crippen molar-refractivity contribution in [3.05, 3.63) is 293 Å². The van der Waals surface area contributed by atoms with E-state index in [1.807, 2.05) is 224 Å². The number of fused-ring (bicyclic) bond motifs is 5. The van der Waals surface area contributed by atoms with E-state index in [0.29, 0.717) is 63.0 Å². The second-order valence-corrected chi connectivity index (χ2v) is 36.2. The molecule has 0 amide bonds. The van der Waals surface area contributed by atoms with E-state index in [0.717, 1.165) is 180 Å². The third-order valence-electron chi connectivity index (χ3n) is 24.7. The van der Waals surface area contributed by atoms with Crippen LogP contribution in [0.5, 0.6) is 0 Å². The number of aromatic nitrogens is 10. The van der Waals surface area contributed by atoms with Crippen molar-refractivity contribution >= 4 is 54.5 Å². The van der Waals surface area contributed by atoms with Gasteiger partial charge in [-0.1, -0.05) is 106 Å². The molecule has 0 N–H and O–H groups in total. The summed E-state index contributed by atoms with van der Waals surface area (Å²) in [6.07, 6.45) is 12.3. The predicted octanol–water partition coefficient (Wildman–Crippen LogP) is 24.8. The fourth-order valence-corrected chi connectivity index (χ4v) is 17.1. The van der Waals surface area contributed by atoms with E-state index >= 15 is 0 Å². The Kier molecular flexibility index (Phi) is 28.6. The third-order valence-corrected chi connectivity index (χ3v) is 24.7. The molecule has 0 aliphatic heterocycles. The Morgan fingerprint density at radius 2 is 0.545 bits per heavy atom. The smallest absolute Gasteiger partial charge is 0.232 e. The van der Waals surface area contributed by atoms with Crippen LogP contribution in [-0.4, -0.2) is 24.9 Å². The molecule has 0 saturated heterocycles. The van der Waals surface area contributed by atoms with Crippen LogP contribution in [0.3, 0.4) is 0 Å². The molecule has 0 unspecified atom stereocenters. The van der Waals surface area contributed by atoms with Crippen LogP contribution in [0.15, 0.2) is 153 Å². The summed E-state index contributed by atoms with van der Waals surface area (Å²) >= 11 is 0. The van der Waals surface area contributed by atoms with Crippen LogP contribution >= 0.6 is 0 Å². The summed E-state index contributed by atoms with van der Waals surface area (Å²) in [5.41, 5.74) is 34.1. The van der Waals surface area contributed by atoms with Gasteiger partial charge in [-0.3, -0.25) is 0 Å². The zero-order valence-corrected chi connectivity index (χ0v) is 78.3. The summed E-state index contributed by atoms with van der Waals surface area (Å²) in [7, 11) is 9.99. The van der Waals surface area contributed by atoms with Crippen LogP contribution in [0.1, 0.15) is 192 Å². The number of halogens is 5. The Balaban J connectivity index is 0.000000150. The van der Waals surface area contributed by atoms with Gasteiger partial charge in [0.05, 0.1) is 62.2 Å². The normalized spacial score (nSPS) is 11.5. The minimum atomic E-state index is -0.112. The molecule has 5 aromatic heterocycles. The molecule has 0 aliphatic rings. The molecule has 0 atom stereocenters. The van der Waals surface area contributed by atoms with Gasteiger partial charge in [-0.15, -0.1) is 0 Å². The number of nitrogens with zero attached hydrogens (tertiary/aromatic N) is 10. The highest BCUT2D eigenvalue weighted by atomic mass is 19.1. The van der Waals surface area contributed by atoms with Crippen LogP contribution in [0.2, 0.25) is 0 Å². The predicted molar refractivity (Wildman–Crippen MR) is 496 cm³/mol. The number of rotatable bonds is 13. The Morgan fingerprint density at radius 1 is 0.260 bits per heavy atom. The molecule has 0 saturated carbocycles. The maximum Gasteiger partial charge on any atom is 0.287 e. The summed E-state index contributed by atoms with van der Waals surface area (Å²) in [6.45, 7) is 50.5. The van der Waals surface area contributed by atoms with Crippen LogP contribution in [0.4, 0.5) is 22.0 Å². The average molecular weight is 1660 g/mol. The van der Waals surface area contributed by atoms with Crippen molar-refractivity contribution in [1.29, 1.82) is 0 Å². The van der Waals surface area contributed by atoms with Crippen molar-refractivity contribution in [3.8, 4) is 56.3 Å². The summed E-state index contributed by atoms with van der Waals surface area (Å²) in [5, 5.41) is 5.55. The van der Waals surface area contributed by atoms with Gasteiger partial charge in [0, 0.05) is 33.4 Å². The molecule has 10 aromatic carbocycles. The molecule has 0 bridgehead atoms. The molecular formula is C108H126F5N10+5. The summed E-state index contributed by atoms with van der Waals surface area (Å²) in [4.78, 5) is 23.0. The zero-order valence-electron chi connectivity index (χ0n) is 78.3. The molecule has 0 fully saturated rings. The topological polar surface area (TPSA) is 83.8 Å². The van der Waals surface area contributed by atoms with Gasteiger partial charge in [0.1, 0.15) is 57.6 Å². The van der Waals surface area contributed by atoms with Crippen LogP contribution in [0, 0.1) is 151 Å². The van der Waals surface area contributed by atoms with E-state index in [2.05, 4.69) is 180 Å². The maximum atomic E-state index is 14.3. The van der Waals surface area contributed by atoms with Gasteiger partial charge in [0.15, 0.2) is 27.6 Å². The van der Waals surface area contributed by atoms with Crippen molar-refractivity contribution in [3.63, 3.8) is 0 Å². The lowest BCUT2D eigenvalue weighted by Crippen LogP contribution is -2.32. The number of aryl methyl sites for hydroxylation is 10. The lowest BCUT2D eigenvalue weighted by molar-refractivity contribution is -0.662. The number of para-hydroxylation sites is 1. The molecule has 0 aliphatic carbocycles. The van der Waals surface area contributed by atoms with Gasteiger partial charge in [-0.2, -0.15) is 0 Å². The highest BCUT2D eigenvalue weighted by Crippen LogP contribution is 2.39. The zero-order chi connectivity index (χ0) is 90.1. The molecule has 15 aromatic rings. The highest BCUT2D eigenvalue weighted by Gasteiger charge is 2.28. The van der Waals surface area contributed by atoms with E-state index in [9.17, 15) is 22.0 Å². The van der Waals surface area contributed by atoms with Crippen molar-refractivity contribution in [2.45, 2.75) is 204 Å². The quantitative estimate of drug-likeness (QED) is 0.0848. The first-order valence-corrected chi connectivity index (χ1v) is 43.2. The highest BCUT2D eigenvalue weighted by molar-refractivity contribution is 5.97. The van der Waals surface area contributed by atoms with E-state index < -0.39 is 0 Å². The average Bonchev–Trinajstić information content (AvgIpc) is 0.777. The van der Waals surface area contributed by atoms with Gasteiger partial charge in [0.2, 0.25) is 0 Å². The molecule has 15 rings (SSSR count). The standard InChI is InChI=1S/3C22H26FN2.2C21H24FN2/c1-13(2)9-17-7-8-20-19(11-17)22(25(6)12-24-20)18-10-14(3)21(23)16(5)15(18)4;1-13(2)9-17-7-8-18-20(11-17)24-12-25(6)22(18)19-10-14(3)21(23)16(5)15(19)4;1-13(2)10-17-8-7-9-18-21(17)24-12-25(6)22(18)19-11-14(3)20(23)16(5)15(19)4;1-12(2)16-7-8-19-18(10-16)21(24(6)11-23-19)17-9-13(3)20(22)15(5)14(17)4;1-12(2)16-7-8-17-19(10-16)23-11-24(6)21(17)18-9-13(3)20(22)15(5)14(18)4/h2*7-8,10-13H,9H2,1-6H3;7-9,11-13H,10H2,1-6H3;2*7-12H,1-6H3/q5*+1. The molecular weight excluding hydrogens is 1530 g/mol. The van der Waals surface area contributed by atoms with Crippen molar-refractivity contribution in [2.75, 3.05) is 0 Å². The number of hydrogen-bond acceptors (Lipinski definition) is 5. The molecule has 0 radical (unpaired) electrons. The van der Waals surface area contributed by atoms with Gasteiger partial charge in [0.25, 0.3) is 31.6 Å². The first-order valence-electron chi connectivity index (χ1n) is 43.2. The Bertz CT molecular complexity index is 6520. The first-order chi connectivity index (χ1) is 58.0.